The minimum absolute atomic E-state index is 0.221. The number of rotatable bonds is 5. The third-order valence-electron chi connectivity index (χ3n) is 7.32. The predicted octanol–water partition coefficient (Wildman–Crippen LogP) is 3.29. The molecule has 184 valence electrons. The maximum absolute atomic E-state index is 13.4. The van der Waals surface area contributed by atoms with Crippen molar-refractivity contribution in [2.45, 2.75) is 56.7 Å². The number of piperidine rings is 1. The molecule has 6 atom stereocenters. The Labute approximate surface area is 238 Å². The average Bonchev–Trinajstić information content (AvgIpc) is 3.40. The summed E-state index contributed by atoms with van der Waals surface area (Å²) in [5.74, 6) is -2.86. The molecule has 11 heteroatoms. The summed E-state index contributed by atoms with van der Waals surface area (Å²) >= 11 is 6.44. The zero-order valence-corrected chi connectivity index (χ0v) is 25.0. The van der Waals surface area contributed by atoms with Crippen LogP contribution in [0.15, 0.2) is 12.1 Å². The van der Waals surface area contributed by atoms with E-state index in [-0.39, 0.29) is 5.92 Å². The number of halogens is 3. The summed E-state index contributed by atoms with van der Waals surface area (Å²) in [6.45, 7) is 5.60. The predicted molar refractivity (Wildman–Crippen MR) is 145 cm³/mol. The molecule has 0 aromatic heterocycles. The fourth-order valence-corrected chi connectivity index (χ4v) is 7.93. The first-order valence-electron chi connectivity index (χ1n) is 11.2. The number of ether oxygens (including phenoxy) is 4. The molecule has 34 heavy (non-hydrogen) atoms. The second-order valence-corrected chi connectivity index (χ2v) is 13.2. The molecular weight excluding hydrogens is 783 g/mol. The highest BCUT2D eigenvalue weighted by Gasteiger charge is 2.72. The van der Waals surface area contributed by atoms with E-state index < -0.39 is 59.8 Å². The molecule has 4 saturated heterocycles. The molecule has 2 bridgehead atoms. The fraction of sp³-hybridized carbons (Fsp3) is 0.609. The van der Waals surface area contributed by atoms with Gasteiger partial charge in [-0.3, -0.25) is 9.59 Å². The second-order valence-electron chi connectivity index (χ2n) is 9.69. The number of esters is 3. The largest absolute Gasteiger partial charge is 0.459 e. The van der Waals surface area contributed by atoms with Crippen molar-refractivity contribution in [3.05, 3.63) is 28.4 Å². The number of nitrogens with one attached hydrogen (secondary N) is 1. The van der Waals surface area contributed by atoms with E-state index in [4.69, 9.17) is 18.9 Å². The number of carbonyl (C=O) groups is 3. The summed E-state index contributed by atoms with van der Waals surface area (Å²) in [5.41, 5.74) is -0.241. The van der Waals surface area contributed by atoms with Gasteiger partial charge in [0.25, 0.3) is 0 Å². The standard InChI is InChI=1S/C23H24I3NO7/c1-23(2,9-3-5-27-6-4-9)34-22(30)14-13-16-19(33-21(13)29)18(17(14)31-16)32-20(28)11-7-10(24)8-12(25)15(11)26/h7-9,13-14,16-19,27H,3-6H2,1-2H3. The van der Waals surface area contributed by atoms with Gasteiger partial charge in [-0.1, -0.05) is 0 Å². The molecule has 0 radical (unpaired) electrons. The zero-order valence-electron chi connectivity index (χ0n) is 18.5. The Morgan fingerprint density at radius 2 is 1.79 bits per heavy atom. The Balaban J connectivity index is 1.36. The summed E-state index contributed by atoms with van der Waals surface area (Å²) in [4.78, 5) is 39.2. The van der Waals surface area contributed by atoms with Crippen LogP contribution in [0.4, 0.5) is 0 Å². The van der Waals surface area contributed by atoms with Crippen LogP contribution in [0.25, 0.3) is 0 Å². The van der Waals surface area contributed by atoms with Crippen molar-refractivity contribution in [3.8, 4) is 0 Å². The van der Waals surface area contributed by atoms with Gasteiger partial charge in [-0.15, -0.1) is 0 Å². The lowest BCUT2D eigenvalue weighted by molar-refractivity contribution is -0.173. The molecule has 4 aliphatic rings. The number of hydrogen-bond donors (Lipinski definition) is 1. The van der Waals surface area contributed by atoms with E-state index in [0.29, 0.717) is 5.56 Å². The highest BCUT2D eigenvalue weighted by atomic mass is 127. The Kier molecular flexibility index (Phi) is 7.14. The Morgan fingerprint density at radius 1 is 1.09 bits per heavy atom. The summed E-state index contributed by atoms with van der Waals surface area (Å²) in [6, 6.07) is 3.73. The molecule has 1 aromatic rings. The zero-order chi connectivity index (χ0) is 24.4. The summed E-state index contributed by atoms with van der Waals surface area (Å²) in [5, 5.41) is 3.32. The van der Waals surface area contributed by atoms with Crippen LogP contribution in [0, 0.1) is 28.5 Å². The first kappa shape index (κ1) is 25.4. The van der Waals surface area contributed by atoms with Gasteiger partial charge in [0, 0.05) is 16.6 Å². The Bertz CT molecular complexity index is 1040. The lowest BCUT2D eigenvalue weighted by Gasteiger charge is -2.38. The lowest BCUT2D eigenvalue weighted by Crippen LogP contribution is -2.50. The van der Waals surface area contributed by atoms with Crippen LogP contribution in [0.3, 0.4) is 0 Å². The first-order valence-corrected chi connectivity index (χ1v) is 14.5. The minimum Gasteiger partial charge on any atom is -0.459 e. The molecule has 4 fully saturated rings. The molecule has 1 aromatic carbocycles. The number of fused-ring (bicyclic) bond motifs is 1. The highest BCUT2D eigenvalue weighted by Crippen LogP contribution is 2.52. The summed E-state index contributed by atoms with van der Waals surface area (Å²) in [7, 11) is 0. The summed E-state index contributed by atoms with van der Waals surface area (Å²) < 4.78 is 26.0. The quantitative estimate of drug-likeness (QED) is 0.210. The molecule has 0 spiro atoms. The van der Waals surface area contributed by atoms with Crippen LogP contribution in [0.2, 0.25) is 0 Å². The van der Waals surface area contributed by atoms with Gasteiger partial charge >= 0.3 is 17.9 Å². The molecule has 4 heterocycles. The van der Waals surface area contributed by atoms with Crippen LogP contribution in [0.1, 0.15) is 37.0 Å². The number of benzene rings is 1. The SMILES string of the molecule is CC(C)(OC(=O)C1C2OC3C(OC(=O)C31)C2OC(=O)c1cc(I)cc(I)c1I)C1CCNCC1. The van der Waals surface area contributed by atoms with E-state index in [2.05, 4.69) is 73.1 Å². The van der Waals surface area contributed by atoms with Crippen molar-refractivity contribution in [1.82, 2.24) is 5.32 Å². The van der Waals surface area contributed by atoms with E-state index in [0.717, 1.165) is 36.6 Å². The van der Waals surface area contributed by atoms with Gasteiger partial charge in [-0.25, -0.2) is 4.79 Å². The fourth-order valence-electron chi connectivity index (χ4n) is 5.56. The van der Waals surface area contributed by atoms with Gasteiger partial charge < -0.3 is 24.3 Å². The molecule has 0 aliphatic carbocycles. The van der Waals surface area contributed by atoms with E-state index in [1.54, 1.807) is 6.07 Å². The average molecular weight is 807 g/mol. The molecule has 5 rings (SSSR count). The van der Waals surface area contributed by atoms with E-state index in [9.17, 15) is 14.4 Å². The third kappa shape index (κ3) is 4.38. The Hall–Kier alpha value is -0.260. The van der Waals surface area contributed by atoms with Gasteiger partial charge in [0.05, 0.1) is 5.56 Å². The monoisotopic (exact) mass is 807 g/mol. The van der Waals surface area contributed by atoms with Crippen molar-refractivity contribution >= 4 is 85.7 Å². The number of carbonyl (C=O) groups excluding carboxylic acids is 3. The van der Waals surface area contributed by atoms with Crippen molar-refractivity contribution in [2.24, 2.45) is 17.8 Å². The molecule has 0 amide bonds. The minimum atomic E-state index is -0.856. The second kappa shape index (κ2) is 9.56. The topological polar surface area (TPSA) is 100 Å². The van der Waals surface area contributed by atoms with Crippen molar-refractivity contribution < 1.29 is 33.3 Å². The van der Waals surface area contributed by atoms with Gasteiger partial charge in [0.1, 0.15) is 29.6 Å². The third-order valence-corrected chi connectivity index (χ3v) is 11.0. The van der Waals surface area contributed by atoms with E-state index >= 15 is 0 Å². The van der Waals surface area contributed by atoms with Crippen LogP contribution in [0.5, 0.6) is 0 Å². The van der Waals surface area contributed by atoms with Gasteiger partial charge in [0.2, 0.25) is 0 Å². The van der Waals surface area contributed by atoms with Gasteiger partial charge in [-0.05, 0) is 120 Å². The lowest BCUT2D eigenvalue weighted by atomic mass is 9.78. The van der Waals surface area contributed by atoms with Crippen LogP contribution in [-0.4, -0.2) is 61.0 Å². The van der Waals surface area contributed by atoms with Gasteiger partial charge in [-0.2, -0.15) is 0 Å². The van der Waals surface area contributed by atoms with Crippen LogP contribution >= 0.6 is 67.8 Å². The van der Waals surface area contributed by atoms with Crippen LogP contribution < -0.4 is 5.32 Å². The van der Waals surface area contributed by atoms with E-state index in [1.807, 2.05) is 19.9 Å². The number of hydrogen-bond acceptors (Lipinski definition) is 8. The molecule has 4 aliphatic heterocycles. The Morgan fingerprint density at radius 3 is 2.50 bits per heavy atom. The van der Waals surface area contributed by atoms with E-state index in [1.165, 1.54) is 0 Å². The van der Waals surface area contributed by atoms with Gasteiger partial charge in [0.15, 0.2) is 12.2 Å². The van der Waals surface area contributed by atoms with Crippen LogP contribution in [-0.2, 0) is 28.5 Å². The molecular formula is C23H24I3NO7. The smallest absolute Gasteiger partial charge is 0.339 e. The molecule has 1 N–H and O–H groups in total. The molecule has 0 saturated carbocycles. The maximum atomic E-state index is 13.4. The van der Waals surface area contributed by atoms with Crippen molar-refractivity contribution in [1.29, 1.82) is 0 Å². The normalized spacial score (nSPS) is 32.6. The summed E-state index contributed by atoms with van der Waals surface area (Å²) in [6.07, 6.45) is -1.11. The van der Waals surface area contributed by atoms with Crippen molar-refractivity contribution in [3.63, 3.8) is 0 Å². The maximum Gasteiger partial charge on any atom is 0.339 e. The molecule has 6 unspecified atom stereocenters. The molecule has 8 nitrogen and oxygen atoms in total. The first-order chi connectivity index (χ1) is 16.1. The van der Waals surface area contributed by atoms with Crippen molar-refractivity contribution in [2.75, 3.05) is 13.1 Å². The highest BCUT2D eigenvalue weighted by molar-refractivity contribution is 14.1.